The monoisotopic (exact) mass is 306 g/mol. The van der Waals surface area contributed by atoms with Crippen molar-refractivity contribution < 1.29 is 4.79 Å². The summed E-state index contributed by atoms with van der Waals surface area (Å²) in [6.07, 6.45) is 5.29. The number of halogens is 1. The van der Waals surface area contributed by atoms with Crippen LogP contribution in [0.1, 0.15) is 37.7 Å². The number of amides is 1. The molecule has 1 saturated carbocycles. The van der Waals surface area contributed by atoms with Crippen LogP contribution in [0.15, 0.2) is 24.3 Å². The van der Waals surface area contributed by atoms with Gasteiger partial charge in [0.1, 0.15) is 0 Å². The van der Waals surface area contributed by atoms with Crippen LogP contribution in [-0.4, -0.2) is 29.9 Å². The maximum atomic E-state index is 12.6. The predicted molar refractivity (Wildman–Crippen MR) is 85.2 cm³/mol. The number of piperidine rings is 1. The zero-order chi connectivity index (χ0) is 14.7. The molecule has 1 aliphatic heterocycles. The van der Waals surface area contributed by atoms with Gasteiger partial charge in [-0.1, -0.05) is 23.7 Å². The molecule has 0 aromatic heterocycles. The zero-order valence-electron chi connectivity index (χ0n) is 12.4. The van der Waals surface area contributed by atoms with Crippen LogP contribution in [0.25, 0.3) is 0 Å². The smallest absolute Gasteiger partial charge is 0.223 e. The van der Waals surface area contributed by atoms with Crippen molar-refractivity contribution in [2.45, 2.75) is 44.7 Å². The van der Waals surface area contributed by atoms with Gasteiger partial charge in [0.05, 0.1) is 0 Å². The maximum absolute atomic E-state index is 12.6. The van der Waals surface area contributed by atoms with Crippen molar-refractivity contribution in [3.8, 4) is 0 Å². The standard InChI is InChI=1S/C17H23ClN2O/c18-15-3-1-14(2-4-15)12-20(16-5-6-16)17(21)11-13-7-9-19-10-8-13/h1-4,13,16,19H,5-12H2. The topological polar surface area (TPSA) is 32.3 Å². The Morgan fingerprint density at radius 3 is 2.43 bits per heavy atom. The predicted octanol–water partition coefficient (Wildman–Crippen LogP) is 3.22. The maximum Gasteiger partial charge on any atom is 0.223 e. The summed E-state index contributed by atoms with van der Waals surface area (Å²) in [6, 6.07) is 8.32. The molecule has 114 valence electrons. The molecule has 1 aliphatic carbocycles. The fourth-order valence-electron chi connectivity index (χ4n) is 3.04. The first-order valence-electron chi connectivity index (χ1n) is 7.97. The Balaban J connectivity index is 1.60. The van der Waals surface area contributed by atoms with Crippen molar-refractivity contribution in [3.63, 3.8) is 0 Å². The summed E-state index contributed by atoms with van der Waals surface area (Å²) in [7, 11) is 0. The number of carbonyl (C=O) groups is 1. The Kier molecular flexibility index (Phi) is 4.81. The lowest BCUT2D eigenvalue weighted by molar-refractivity contribution is -0.133. The SMILES string of the molecule is O=C(CC1CCNCC1)N(Cc1ccc(Cl)cc1)C1CC1. The van der Waals surface area contributed by atoms with Gasteiger partial charge in [0, 0.05) is 24.0 Å². The van der Waals surface area contributed by atoms with E-state index in [0.717, 1.165) is 50.3 Å². The summed E-state index contributed by atoms with van der Waals surface area (Å²) < 4.78 is 0. The van der Waals surface area contributed by atoms with Crippen LogP contribution >= 0.6 is 11.6 Å². The normalized spacial score (nSPS) is 19.5. The largest absolute Gasteiger partial charge is 0.335 e. The molecule has 2 aliphatic rings. The van der Waals surface area contributed by atoms with E-state index in [-0.39, 0.29) is 0 Å². The molecule has 1 amide bonds. The highest BCUT2D eigenvalue weighted by atomic mass is 35.5. The molecule has 1 heterocycles. The second kappa shape index (κ2) is 6.80. The first-order valence-corrected chi connectivity index (χ1v) is 8.35. The molecular weight excluding hydrogens is 284 g/mol. The van der Waals surface area contributed by atoms with E-state index in [2.05, 4.69) is 10.2 Å². The van der Waals surface area contributed by atoms with Gasteiger partial charge in [-0.15, -0.1) is 0 Å². The Hall–Kier alpha value is -1.06. The molecular formula is C17H23ClN2O. The summed E-state index contributed by atoms with van der Waals surface area (Å²) >= 11 is 5.93. The van der Waals surface area contributed by atoms with Crippen LogP contribution in [0.2, 0.25) is 5.02 Å². The average Bonchev–Trinajstić information content (AvgIpc) is 3.32. The average molecular weight is 307 g/mol. The molecule has 1 aromatic carbocycles. The number of nitrogens with zero attached hydrogens (tertiary/aromatic N) is 1. The van der Waals surface area contributed by atoms with Gasteiger partial charge in [0.2, 0.25) is 5.91 Å². The number of hydrogen-bond acceptors (Lipinski definition) is 2. The molecule has 2 fully saturated rings. The minimum Gasteiger partial charge on any atom is -0.335 e. The molecule has 0 atom stereocenters. The van der Waals surface area contributed by atoms with Crippen molar-refractivity contribution in [1.29, 1.82) is 0 Å². The highest BCUT2D eigenvalue weighted by molar-refractivity contribution is 6.30. The summed E-state index contributed by atoms with van der Waals surface area (Å²) in [5.41, 5.74) is 1.17. The molecule has 0 bridgehead atoms. The van der Waals surface area contributed by atoms with E-state index in [1.165, 1.54) is 5.56 Å². The molecule has 0 spiro atoms. The highest BCUT2D eigenvalue weighted by Crippen LogP contribution is 2.30. The zero-order valence-corrected chi connectivity index (χ0v) is 13.1. The van der Waals surface area contributed by atoms with Crippen molar-refractivity contribution in [3.05, 3.63) is 34.9 Å². The van der Waals surface area contributed by atoms with E-state index in [0.29, 0.717) is 24.3 Å². The lowest BCUT2D eigenvalue weighted by Crippen LogP contribution is -2.36. The van der Waals surface area contributed by atoms with E-state index >= 15 is 0 Å². The molecule has 21 heavy (non-hydrogen) atoms. The minimum absolute atomic E-state index is 0.333. The van der Waals surface area contributed by atoms with Crippen LogP contribution < -0.4 is 5.32 Å². The third-order valence-electron chi connectivity index (χ3n) is 4.50. The number of benzene rings is 1. The van der Waals surface area contributed by atoms with E-state index in [4.69, 9.17) is 11.6 Å². The summed E-state index contributed by atoms with van der Waals surface area (Å²) in [5.74, 6) is 0.893. The van der Waals surface area contributed by atoms with E-state index in [1.807, 2.05) is 24.3 Å². The van der Waals surface area contributed by atoms with Gasteiger partial charge in [0.15, 0.2) is 0 Å². The molecule has 1 saturated heterocycles. The number of rotatable bonds is 5. The molecule has 3 nitrogen and oxygen atoms in total. The summed E-state index contributed by atoms with van der Waals surface area (Å²) in [5, 5.41) is 4.11. The molecule has 0 unspecified atom stereocenters. The van der Waals surface area contributed by atoms with Gasteiger partial charge in [-0.05, 0) is 62.4 Å². The van der Waals surface area contributed by atoms with Crippen LogP contribution in [0.3, 0.4) is 0 Å². The Bertz CT molecular complexity index is 478. The van der Waals surface area contributed by atoms with Gasteiger partial charge < -0.3 is 10.2 Å². The summed E-state index contributed by atoms with van der Waals surface area (Å²) in [4.78, 5) is 14.7. The molecule has 1 aromatic rings. The summed E-state index contributed by atoms with van der Waals surface area (Å²) in [6.45, 7) is 2.84. The first-order chi connectivity index (χ1) is 10.2. The van der Waals surface area contributed by atoms with Gasteiger partial charge in [-0.2, -0.15) is 0 Å². The van der Waals surface area contributed by atoms with Crippen molar-refractivity contribution in [2.24, 2.45) is 5.92 Å². The van der Waals surface area contributed by atoms with Crippen molar-refractivity contribution in [1.82, 2.24) is 10.2 Å². The quantitative estimate of drug-likeness (QED) is 0.906. The minimum atomic E-state index is 0.333. The third kappa shape index (κ3) is 4.21. The first kappa shape index (κ1) is 14.9. The molecule has 3 rings (SSSR count). The van der Waals surface area contributed by atoms with Gasteiger partial charge in [-0.25, -0.2) is 0 Å². The number of hydrogen-bond donors (Lipinski definition) is 1. The second-order valence-electron chi connectivity index (χ2n) is 6.28. The fraction of sp³-hybridized carbons (Fsp3) is 0.588. The lowest BCUT2D eigenvalue weighted by atomic mass is 9.94. The van der Waals surface area contributed by atoms with Crippen LogP contribution in [0.5, 0.6) is 0 Å². The molecule has 0 radical (unpaired) electrons. The van der Waals surface area contributed by atoms with Crippen molar-refractivity contribution >= 4 is 17.5 Å². The molecule has 1 N–H and O–H groups in total. The van der Waals surface area contributed by atoms with Crippen LogP contribution in [0, 0.1) is 5.92 Å². The number of carbonyl (C=O) groups excluding carboxylic acids is 1. The van der Waals surface area contributed by atoms with E-state index in [1.54, 1.807) is 0 Å². The highest BCUT2D eigenvalue weighted by Gasteiger charge is 2.33. The second-order valence-corrected chi connectivity index (χ2v) is 6.71. The molecule has 4 heteroatoms. The number of nitrogens with one attached hydrogen (secondary N) is 1. The van der Waals surface area contributed by atoms with E-state index in [9.17, 15) is 4.79 Å². The Morgan fingerprint density at radius 2 is 1.81 bits per heavy atom. The van der Waals surface area contributed by atoms with Gasteiger partial charge >= 0.3 is 0 Å². The Morgan fingerprint density at radius 1 is 1.14 bits per heavy atom. The van der Waals surface area contributed by atoms with E-state index < -0.39 is 0 Å². The lowest BCUT2D eigenvalue weighted by Gasteiger charge is -2.27. The Labute approximate surface area is 131 Å². The van der Waals surface area contributed by atoms with Gasteiger partial charge in [-0.3, -0.25) is 4.79 Å². The van der Waals surface area contributed by atoms with Crippen LogP contribution in [-0.2, 0) is 11.3 Å². The third-order valence-corrected chi connectivity index (χ3v) is 4.75. The van der Waals surface area contributed by atoms with Crippen molar-refractivity contribution in [2.75, 3.05) is 13.1 Å². The van der Waals surface area contributed by atoms with Crippen LogP contribution in [0.4, 0.5) is 0 Å². The van der Waals surface area contributed by atoms with Gasteiger partial charge in [0.25, 0.3) is 0 Å². The fourth-order valence-corrected chi connectivity index (χ4v) is 3.17.